The molecule has 82 valence electrons. The van der Waals surface area contributed by atoms with Crippen LogP contribution in [0.15, 0.2) is 0 Å². The predicted octanol–water partition coefficient (Wildman–Crippen LogP) is 1.85. The summed E-state index contributed by atoms with van der Waals surface area (Å²) in [7, 11) is 0. The molecule has 0 radical (unpaired) electrons. The second-order valence-corrected chi connectivity index (χ2v) is 6.47. The van der Waals surface area contributed by atoms with E-state index in [1.54, 1.807) is 0 Å². The van der Waals surface area contributed by atoms with Gasteiger partial charge in [-0.3, -0.25) is 4.90 Å². The number of nitrogens with zero attached hydrogens (tertiary/aromatic N) is 1. The van der Waals surface area contributed by atoms with Crippen molar-refractivity contribution in [2.45, 2.75) is 46.1 Å². The van der Waals surface area contributed by atoms with Crippen molar-refractivity contribution < 1.29 is 0 Å². The van der Waals surface area contributed by atoms with Crippen LogP contribution in [0.2, 0.25) is 0 Å². The molecule has 14 heavy (non-hydrogen) atoms. The van der Waals surface area contributed by atoms with Gasteiger partial charge in [-0.2, -0.15) is 0 Å². The molecule has 2 aliphatic rings. The molecule has 0 spiro atoms. The highest BCUT2D eigenvalue weighted by molar-refractivity contribution is 5.02. The van der Waals surface area contributed by atoms with Crippen LogP contribution in [0.1, 0.15) is 40.0 Å². The molecule has 1 aliphatic carbocycles. The SMILES string of the molecule is CC1(C)CC2CC(C)(CN2CCN)C1. The highest BCUT2D eigenvalue weighted by Crippen LogP contribution is 2.52. The van der Waals surface area contributed by atoms with Gasteiger partial charge in [0.25, 0.3) is 0 Å². The van der Waals surface area contributed by atoms with Gasteiger partial charge in [0, 0.05) is 25.7 Å². The highest BCUT2D eigenvalue weighted by Gasteiger charge is 2.48. The Kier molecular flexibility index (Phi) is 2.39. The zero-order valence-electron chi connectivity index (χ0n) is 9.84. The second kappa shape index (κ2) is 3.21. The van der Waals surface area contributed by atoms with Gasteiger partial charge in [0.15, 0.2) is 0 Å². The zero-order chi connectivity index (χ0) is 10.4. The van der Waals surface area contributed by atoms with E-state index in [9.17, 15) is 0 Å². The first-order chi connectivity index (χ1) is 6.44. The number of hydrogen-bond acceptors (Lipinski definition) is 2. The molecule has 0 amide bonds. The maximum Gasteiger partial charge on any atom is 0.0108 e. The molecule has 1 saturated carbocycles. The molecular weight excluding hydrogens is 172 g/mol. The minimum absolute atomic E-state index is 0.543. The predicted molar refractivity (Wildman–Crippen MR) is 60.2 cm³/mol. The topological polar surface area (TPSA) is 29.3 Å². The van der Waals surface area contributed by atoms with E-state index in [0.29, 0.717) is 10.8 Å². The fourth-order valence-electron chi connectivity index (χ4n) is 4.00. The number of rotatable bonds is 2. The van der Waals surface area contributed by atoms with Gasteiger partial charge in [-0.1, -0.05) is 20.8 Å². The summed E-state index contributed by atoms with van der Waals surface area (Å²) in [5, 5.41) is 0. The van der Waals surface area contributed by atoms with Crippen molar-refractivity contribution in [1.82, 2.24) is 4.90 Å². The Morgan fingerprint density at radius 1 is 1.29 bits per heavy atom. The van der Waals surface area contributed by atoms with Crippen molar-refractivity contribution in [3.63, 3.8) is 0 Å². The molecule has 2 nitrogen and oxygen atoms in total. The molecule has 2 bridgehead atoms. The standard InChI is InChI=1S/C12H24N2/c1-11(2)6-10-7-12(3,8-11)9-14(10)5-4-13/h10H,4-9,13H2,1-3H3. The molecular formula is C12H24N2. The minimum atomic E-state index is 0.543. The van der Waals surface area contributed by atoms with Gasteiger partial charge < -0.3 is 5.73 Å². The molecule has 2 unspecified atom stereocenters. The molecule has 0 aromatic rings. The first kappa shape index (κ1) is 10.4. The monoisotopic (exact) mass is 196 g/mol. The molecule has 2 heteroatoms. The van der Waals surface area contributed by atoms with E-state index in [2.05, 4.69) is 25.7 Å². The van der Waals surface area contributed by atoms with E-state index in [1.807, 2.05) is 0 Å². The third-order valence-electron chi connectivity index (χ3n) is 3.94. The lowest BCUT2D eigenvalue weighted by Gasteiger charge is -2.39. The third kappa shape index (κ3) is 1.82. The maximum atomic E-state index is 5.66. The quantitative estimate of drug-likeness (QED) is 0.730. The van der Waals surface area contributed by atoms with Crippen LogP contribution in [0.5, 0.6) is 0 Å². The Bertz CT molecular complexity index is 224. The molecule has 0 aromatic heterocycles. The molecule has 1 aliphatic heterocycles. The van der Waals surface area contributed by atoms with Crippen LogP contribution in [-0.4, -0.2) is 30.6 Å². The molecule has 0 aromatic carbocycles. The van der Waals surface area contributed by atoms with Crippen molar-refractivity contribution in [3.05, 3.63) is 0 Å². The summed E-state index contributed by atoms with van der Waals surface area (Å²) in [6.45, 7) is 10.5. The van der Waals surface area contributed by atoms with E-state index >= 15 is 0 Å². The number of likely N-dealkylation sites (tertiary alicyclic amines) is 1. The fourth-order valence-corrected chi connectivity index (χ4v) is 4.00. The molecule has 1 saturated heterocycles. The Morgan fingerprint density at radius 2 is 2.00 bits per heavy atom. The fraction of sp³-hybridized carbons (Fsp3) is 1.00. The van der Waals surface area contributed by atoms with Gasteiger partial charge in [0.05, 0.1) is 0 Å². The van der Waals surface area contributed by atoms with Crippen LogP contribution in [0, 0.1) is 10.8 Å². The zero-order valence-corrected chi connectivity index (χ0v) is 9.84. The van der Waals surface area contributed by atoms with Crippen LogP contribution in [0.4, 0.5) is 0 Å². The summed E-state index contributed by atoms with van der Waals surface area (Å²) in [4.78, 5) is 2.62. The van der Waals surface area contributed by atoms with Crippen molar-refractivity contribution in [2.24, 2.45) is 16.6 Å². The number of hydrogen-bond donors (Lipinski definition) is 1. The van der Waals surface area contributed by atoms with Gasteiger partial charge in [-0.15, -0.1) is 0 Å². The summed E-state index contributed by atoms with van der Waals surface area (Å²) in [6, 6.07) is 0.812. The molecule has 2 atom stereocenters. The highest BCUT2D eigenvalue weighted by atomic mass is 15.2. The molecule has 2 rings (SSSR count). The lowest BCUT2D eigenvalue weighted by molar-refractivity contribution is 0.128. The van der Waals surface area contributed by atoms with Crippen LogP contribution >= 0.6 is 0 Å². The summed E-state index contributed by atoms with van der Waals surface area (Å²) in [5.41, 5.74) is 6.77. The van der Waals surface area contributed by atoms with Gasteiger partial charge in [0.2, 0.25) is 0 Å². The Labute approximate surface area is 87.8 Å². The average molecular weight is 196 g/mol. The second-order valence-electron chi connectivity index (χ2n) is 6.47. The summed E-state index contributed by atoms with van der Waals surface area (Å²) < 4.78 is 0. The van der Waals surface area contributed by atoms with Gasteiger partial charge >= 0.3 is 0 Å². The van der Waals surface area contributed by atoms with Gasteiger partial charge in [-0.25, -0.2) is 0 Å². The van der Waals surface area contributed by atoms with E-state index in [0.717, 1.165) is 19.1 Å². The van der Waals surface area contributed by atoms with E-state index in [1.165, 1.54) is 25.8 Å². The van der Waals surface area contributed by atoms with Crippen LogP contribution < -0.4 is 5.73 Å². The van der Waals surface area contributed by atoms with Crippen LogP contribution in [0.3, 0.4) is 0 Å². The smallest absolute Gasteiger partial charge is 0.0108 e. The number of fused-ring (bicyclic) bond motifs is 2. The van der Waals surface area contributed by atoms with E-state index < -0.39 is 0 Å². The largest absolute Gasteiger partial charge is 0.329 e. The van der Waals surface area contributed by atoms with Gasteiger partial charge in [0.1, 0.15) is 0 Å². The Morgan fingerprint density at radius 3 is 2.64 bits per heavy atom. The van der Waals surface area contributed by atoms with Crippen molar-refractivity contribution in [3.8, 4) is 0 Å². The first-order valence-corrected chi connectivity index (χ1v) is 5.88. The Balaban J connectivity index is 2.11. The lowest BCUT2D eigenvalue weighted by atomic mass is 9.65. The van der Waals surface area contributed by atoms with E-state index in [4.69, 9.17) is 5.73 Å². The molecule has 2 N–H and O–H groups in total. The molecule has 2 fully saturated rings. The van der Waals surface area contributed by atoms with Gasteiger partial charge in [-0.05, 0) is 30.1 Å². The minimum Gasteiger partial charge on any atom is -0.329 e. The van der Waals surface area contributed by atoms with E-state index in [-0.39, 0.29) is 0 Å². The summed E-state index contributed by atoms with van der Waals surface area (Å²) >= 11 is 0. The average Bonchev–Trinajstić information content (AvgIpc) is 2.20. The van der Waals surface area contributed by atoms with Crippen LogP contribution in [0.25, 0.3) is 0 Å². The maximum absolute atomic E-state index is 5.66. The Hall–Kier alpha value is -0.0800. The normalized spacial score (nSPS) is 41.6. The number of nitrogens with two attached hydrogens (primary N) is 1. The first-order valence-electron chi connectivity index (χ1n) is 5.88. The third-order valence-corrected chi connectivity index (χ3v) is 3.94. The summed E-state index contributed by atoms with van der Waals surface area (Å²) in [6.07, 6.45) is 4.15. The lowest BCUT2D eigenvalue weighted by Crippen LogP contribution is -2.36. The van der Waals surface area contributed by atoms with Crippen molar-refractivity contribution in [2.75, 3.05) is 19.6 Å². The van der Waals surface area contributed by atoms with Crippen LogP contribution in [-0.2, 0) is 0 Å². The van der Waals surface area contributed by atoms with Crippen molar-refractivity contribution >= 4 is 0 Å². The van der Waals surface area contributed by atoms with Crippen molar-refractivity contribution in [1.29, 1.82) is 0 Å². The molecule has 1 heterocycles. The summed E-state index contributed by atoms with van der Waals surface area (Å²) in [5.74, 6) is 0.